The highest BCUT2D eigenvalue weighted by molar-refractivity contribution is 5.80. The molecule has 2 aliphatic heterocycles. The number of fused-ring (bicyclic) bond motifs is 2. The molecule has 10 heavy (non-hydrogen) atoms. The first-order valence-corrected chi connectivity index (χ1v) is 3.75. The normalized spacial score (nSPS) is 39.9. The van der Waals surface area contributed by atoms with Crippen molar-refractivity contribution in [2.45, 2.75) is 12.5 Å². The number of nitrogens with zero attached hydrogens (tertiary/aromatic N) is 1. The topological polar surface area (TPSA) is 32.3 Å². The Kier molecular flexibility index (Phi) is 1.20. The van der Waals surface area contributed by atoms with Crippen molar-refractivity contribution in [3.63, 3.8) is 0 Å². The molecule has 0 radical (unpaired) electrons. The third-order valence-electron chi connectivity index (χ3n) is 2.57. The van der Waals surface area contributed by atoms with Gasteiger partial charge in [-0.2, -0.15) is 0 Å². The van der Waals surface area contributed by atoms with Crippen LogP contribution in [0.5, 0.6) is 0 Å². The molecular weight excluding hydrogens is 128 g/mol. The summed E-state index contributed by atoms with van der Waals surface area (Å²) in [5.41, 5.74) is 0. The SMILES string of the molecule is CN1C[C@@H]2C[C@H]1CNC2=O. The summed E-state index contributed by atoms with van der Waals surface area (Å²) in [5.74, 6) is 0.532. The Morgan fingerprint density at radius 2 is 2.50 bits per heavy atom. The number of nitrogens with one attached hydrogen (secondary N) is 1. The van der Waals surface area contributed by atoms with E-state index in [1.54, 1.807) is 0 Å². The highest BCUT2D eigenvalue weighted by Crippen LogP contribution is 2.24. The monoisotopic (exact) mass is 140 g/mol. The van der Waals surface area contributed by atoms with Crippen LogP contribution in [-0.2, 0) is 4.79 Å². The lowest BCUT2D eigenvalue weighted by molar-refractivity contribution is -0.125. The number of likely N-dealkylation sites (tertiary alicyclic amines) is 1. The molecule has 2 heterocycles. The summed E-state index contributed by atoms with van der Waals surface area (Å²) < 4.78 is 0. The van der Waals surface area contributed by atoms with E-state index in [9.17, 15) is 4.79 Å². The van der Waals surface area contributed by atoms with E-state index in [-0.39, 0.29) is 11.8 Å². The Hall–Kier alpha value is -0.570. The Balaban J connectivity index is 2.15. The van der Waals surface area contributed by atoms with Gasteiger partial charge in [0.15, 0.2) is 0 Å². The standard InChI is InChI=1S/C7H12N2O/c1-9-4-5-2-6(9)3-8-7(5)10/h5-6H,2-4H2,1H3,(H,8,10)/t5-,6-/m0/s1. The van der Waals surface area contributed by atoms with Gasteiger partial charge in [0, 0.05) is 19.1 Å². The molecule has 1 amide bonds. The van der Waals surface area contributed by atoms with E-state index in [1.165, 1.54) is 0 Å². The number of carbonyl (C=O) groups excluding carboxylic acids is 1. The molecule has 0 unspecified atom stereocenters. The molecule has 0 aliphatic carbocycles. The average Bonchev–Trinajstić information content (AvgIpc) is 2.21. The Labute approximate surface area is 60.4 Å². The fourth-order valence-corrected chi connectivity index (χ4v) is 1.87. The maximum atomic E-state index is 11.1. The zero-order valence-electron chi connectivity index (χ0n) is 6.13. The maximum Gasteiger partial charge on any atom is 0.224 e. The summed E-state index contributed by atoms with van der Waals surface area (Å²) in [6, 6.07) is 0.614. The maximum absolute atomic E-state index is 11.1. The van der Waals surface area contributed by atoms with E-state index in [1.807, 2.05) is 0 Å². The zero-order chi connectivity index (χ0) is 7.14. The average molecular weight is 140 g/mol. The van der Waals surface area contributed by atoms with Crippen LogP contribution in [0.15, 0.2) is 0 Å². The van der Waals surface area contributed by atoms with Crippen LogP contribution in [-0.4, -0.2) is 37.0 Å². The van der Waals surface area contributed by atoms with Crippen molar-refractivity contribution in [3.05, 3.63) is 0 Å². The van der Waals surface area contributed by atoms with Crippen molar-refractivity contribution >= 4 is 5.91 Å². The van der Waals surface area contributed by atoms with Crippen molar-refractivity contribution in [2.75, 3.05) is 20.1 Å². The lowest BCUT2D eigenvalue weighted by Gasteiger charge is -2.20. The first-order chi connectivity index (χ1) is 4.77. The van der Waals surface area contributed by atoms with Crippen LogP contribution >= 0.6 is 0 Å². The summed E-state index contributed by atoms with van der Waals surface area (Å²) in [7, 11) is 2.09. The minimum absolute atomic E-state index is 0.251. The number of hydrogen-bond acceptors (Lipinski definition) is 2. The molecule has 1 N–H and O–H groups in total. The minimum atomic E-state index is 0.251. The highest BCUT2D eigenvalue weighted by Gasteiger charge is 2.37. The summed E-state index contributed by atoms with van der Waals surface area (Å²) >= 11 is 0. The third-order valence-corrected chi connectivity index (χ3v) is 2.57. The molecule has 2 aliphatic rings. The molecule has 0 saturated carbocycles. The first-order valence-electron chi connectivity index (χ1n) is 3.75. The molecule has 2 fully saturated rings. The summed E-state index contributed by atoms with van der Waals surface area (Å²) in [5, 5.41) is 2.89. The van der Waals surface area contributed by atoms with Gasteiger partial charge in [-0.15, -0.1) is 0 Å². The summed E-state index contributed by atoms with van der Waals surface area (Å²) in [4.78, 5) is 13.3. The molecule has 3 heteroatoms. The number of rotatable bonds is 0. The molecule has 2 atom stereocenters. The smallest absolute Gasteiger partial charge is 0.224 e. The lowest BCUT2D eigenvalue weighted by atomic mass is 10.0. The van der Waals surface area contributed by atoms with Gasteiger partial charge in [-0.05, 0) is 13.5 Å². The third kappa shape index (κ3) is 0.736. The number of hydrogen-bond donors (Lipinski definition) is 1. The lowest BCUT2D eigenvalue weighted by Crippen LogP contribution is -2.41. The molecule has 2 saturated heterocycles. The van der Waals surface area contributed by atoms with Gasteiger partial charge in [0.25, 0.3) is 0 Å². The minimum Gasteiger partial charge on any atom is -0.354 e. The predicted molar refractivity (Wildman–Crippen MR) is 37.5 cm³/mol. The van der Waals surface area contributed by atoms with Crippen LogP contribution in [0.4, 0.5) is 0 Å². The molecule has 3 nitrogen and oxygen atoms in total. The van der Waals surface area contributed by atoms with Crippen LogP contribution < -0.4 is 5.32 Å². The second-order valence-corrected chi connectivity index (χ2v) is 3.27. The van der Waals surface area contributed by atoms with Gasteiger partial charge in [0.1, 0.15) is 0 Å². The van der Waals surface area contributed by atoms with Crippen molar-refractivity contribution in [3.8, 4) is 0 Å². The Morgan fingerprint density at radius 1 is 1.70 bits per heavy atom. The van der Waals surface area contributed by atoms with Crippen LogP contribution in [0.1, 0.15) is 6.42 Å². The Morgan fingerprint density at radius 3 is 3.20 bits per heavy atom. The van der Waals surface area contributed by atoms with E-state index in [4.69, 9.17) is 0 Å². The summed E-state index contributed by atoms with van der Waals surface area (Å²) in [6.07, 6.45) is 1.07. The molecular formula is C7H12N2O. The largest absolute Gasteiger partial charge is 0.354 e. The number of amides is 1. The number of likely N-dealkylation sites (N-methyl/N-ethyl adjacent to an activating group) is 1. The van der Waals surface area contributed by atoms with Crippen LogP contribution in [0, 0.1) is 5.92 Å². The molecule has 0 spiro atoms. The van der Waals surface area contributed by atoms with Crippen molar-refractivity contribution < 1.29 is 4.79 Å². The molecule has 0 aromatic rings. The highest BCUT2D eigenvalue weighted by atomic mass is 16.2. The van der Waals surface area contributed by atoms with Gasteiger partial charge in [-0.3, -0.25) is 4.79 Å². The van der Waals surface area contributed by atoms with E-state index in [2.05, 4.69) is 17.3 Å². The van der Waals surface area contributed by atoms with Crippen molar-refractivity contribution in [2.24, 2.45) is 5.92 Å². The number of piperidine rings is 1. The molecule has 2 rings (SSSR count). The summed E-state index contributed by atoms with van der Waals surface area (Å²) in [6.45, 7) is 1.81. The van der Waals surface area contributed by atoms with E-state index in [0.717, 1.165) is 19.5 Å². The number of carbonyl (C=O) groups is 1. The zero-order valence-corrected chi connectivity index (χ0v) is 6.13. The van der Waals surface area contributed by atoms with Gasteiger partial charge in [0.05, 0.1) is 5.92 Å². The van der Waals surface area contributed by atoms with Crippen LogP contribution in [0.3, 0.4) is 0 Å². The first kappa shape index (κ1) is 6.16. The molecule has 2 bridgehead atoms. The second kappa shape index (κ2) is 1.95. The predicted octanol–water partition coefficient (Wildman–Crippen LogP) is -0.563. The van der Waals surface area contributed by atoms with E-state index >= 15 is 0 Å². The Bertz CT molecular complexity index is 167. The fourth-order valence-electron chi connectivity index (χ4n) is 1.87. The van der Waals surface area contributed by atoms with Gasteiger partial charge in [-0.1, -0.05) is 0 Å². The van der Waals surface area contributed by atoms with Gasteiger partial charge in [0.2, 0.25) is 5.91 Å². The van der Waals surface area contributed by atoms with Crippen molar-refractivity contribution in [1.82, 2.24) is 10.2 Å². The van der Waals surface area contributed by atoms with E-state index < -0.39 is 0 Å². The van der Waals surface area contributed by atoms with Gasteiger partial charge >= 0.3 is 0 Å². The van der Waals surface area contributed by atoms with Crippen molar-refractivity contribution in [1.29, 1.82) is 0 Å². The fraction of sp³-hybridized carbons (Fsp3) is 0.857. The van der Waals surface area contributed by atoms with Crippen LogP contribution in [0.25, 0.3) is 0 Å². The second-order valence-electron chi connectivity index (χ2n) is 3.27. The molecule has 56 valence electrons. The molecule has 0 aromatic carbocycles. The molecule has 0 aromatic heterocycles. The quantitative estimate of drug-likeness (QED) is 0.489. The van der Waals surface area contributed by atoms with E-state index in [0.29, 0.717) is 6.04 Å². The van der Waals surface area contributed by atoms with Gasteiger partial charge < -0.3 is 10.2 Å². The van der Waals surface area contributed by atoms with Crippen LogP contribution in [0.2, 0.25) is 0 Å². The van der Waals surface area contributed by atoms with Gasteiger partial charge in [-0.25, -0.2) is 0 Å².